The smallest absolute Gasteiger partial charge is 0.244 e. The second-order valence-corrected chi connectivity index (χ2v) is 9.53. The number of nitrogens with one attached hydrogen (secondary N) is 1. The number of likely N-dealkylation sites (tertiary alicyclic amines) is 1. The van der Waals surface area contributed by atoms with Gasteiger partial charge >= 0.3 is 0 Å². The van der Waals surface area contributed by atoms with Crippen LogP contribution in [-0.2, 0) is 14.4 Å². The summed E-state index contributed by atoms with van der Waals surface area (Å²) in [6, 6.07) is 17.7. The Labute approximate surface area is 183 Å². The molecule has 0 unspecified atom stereocenters. The van der Waals surface area contributed by atoms with Crippen LogP contribution in [0.5, 0.6) is 0 Å². The molecule has 5 atom stereocenters. The summed E-state index contributed by atoms with van der Waals surface area (Å²) in [7, 11) is 0. The Morgan fingerprint density at radius 3 is 2.38 bits per heavy atom. The van der Waals surface area contributed by atoms with E-state index in [2.05, 4.69) is 40.0 Å². The van der Waals surface area contributed by atoms with Crippen LogP contribution in [0.4, 0.5) is 5.69 Å². The van der Waals surface area contributed by atoms with Crippen molar-refractivity contribution in [3.8, 4) is 0 Å². The molecule has 5 rings (SSSR count). The van der Waals surface area contributed by atoms with Crippen molar-refractivity contribution in [1.82, 2.24) is 4.90 Å². The molecule has 0 radical (unpaired) electrons. The molecule has 2 aromatic carbocycles. The van der Waals surface area contributed by atoms with Crippen LogP contribution < -0.4 is 5.32 Å². The highest BCUT2D eigenvalue weighted by atomic mass is 127. The van der Waals surface area contributed by atoms with E-state index in [0.717, 1.165) is 16.4 Å². The van der Waals surface area contributed by atoms with Gasteiger partial charge in [0, 0.05) is 9.26 Å². The molecule has 1 aliphatic heterocycles. The molecule has 29 heavy (non-hydrogen) atoms. The zero-order valence-corrected chi connectivity index (χ0v) is 17.9. The Morgan fingerprint density at radius 1 is 0.966 bits per heavy atom. The van der Waals surface area contributed by atoms with E-state index in [9.17, 15) is 14.4 Å². The SMILES string of the molecule is O=C(CN1C(=O)[C@@H]2[C@@H]3C[C@@H]([C@@H]2C1=O)[C@H](c1ccccc1)C3)Nc1ccc(I)cc1. The standard InChI is InChI=1S/C23H21IN2O3/c24-15-6-8-16(9-7-15)25-19(27)12-26-22(28)20-14-10-17(13-4-2-1-3-5-13)18(11-14)21(20)23(26)29/h1-9,14,17-18,20-21H,10-12H2,(H,25,27)/t14-,17-,18+,20+,21-/m0/s1. The number of hydrogen-bond donors (Lipinski definition) is 1. The first kappa shape index (κ1) is 18.8. The van der Waals surface area contributed by atoms with Crippen LogP contribution in [0.15, 0.2) is 54.6 Å². The summed E-state index contributed by atoms with van der Waals surface area (Å²) < 4.78 is 1.07. The molecule has 2 saturated carbocycles. The molecule has 0 aromatic heterocycles. The monoisotopic (exact) mass is 500 g/mol. The van der Waals surface area contributed by atoms with Crippen LogP contribution >= 0.6 is 22.6 Å². The maximum Gasteiger partial charge on any atom is 0.244 e. The maximum absolute atomic E-state index is 13.1. The summed E-state index contributed by atoms with van der Waals surface area (Å²) in [6.45, 7) is -0.202. The van der Waals surface area contributed by atoms with Crippen molar-refractivity contribution in [2.45, 2.75) is 18.8 Å². The minimum absolute atomic E-state index is 0.156. The van der Waals surface area contributed by atoms with E-state index in [0.29, 0.717) is 11.6 Å². The van der Waals surface area contributed by atoms with Crippen molar-refractivity contribution in [2.24, 2.45) is 23.7 Å². The second kappa shape index (κ2) is 7.23. The molecule has 3 fully saturated rings. The molecule has 2 aromatic rings. The zero-order chi connectivity index (χ0) is 20.1. The average molecular weight is 500 g/mol. The Balaban J connectivity index is 1.31. The van der Waals surface area contributed by atoms with Crippen LogP contribution in [0.25, 0.3) is 0 Å². The lowest BCUT2D eigenvalue weighted by atomic mass is 9.73. The Hall–Kier alpha value is -2.22. The molecule has 5 nitrogen and oxygen atoms in total. The number of carbonyl (C=O) groups excluding carboxylic acids is 3. The first-order valence-electron chi connectivity index (χ1n) is 9.98. The number of amides is 3. The van der Waals surface area contributed by atoms with Crippen LogP contribution in [0, 0.1) is 27.2 Å². The van der Waals surface area contributed by atoms with E-state index in [1.807, 2.05) is 42.5 Å². The lowest BCUT2D eigenvalue weighted by molar-refractivity contribution is -0.143. The molecule has 1 N–H and O–H groups in total. The minimum Gasteiger partial charge on any atom is -0.325 e. The fourth-order valence-corrected chi connectivity index (χ4v) is 6.00. The fraction of sp³-hybridized carbons (Fsp3) is 0.348. The summed E-state index contributed by atoms with van der Waals surface area (Å²) in [5, 5.41) is 2.79. The Bertz CT molecular complexity index is 975. The van der Waals surface area contributed by atoms with Crippen molar-refractivity contribution in [3.63, 3.8) is 0 Å². The second-order valence-electron chi connectivity index (χ2n) is 8.28. The van der Waals surface area contributed by atoms with Gasteiger partial charge in [-0.25, -0.2) is 0 Å². The summed E-state index contributed by atoms with van der Waals surface area (Å²) in [5.74, 6) is -0.373. The highest BCUT2D eigenvalue weighted by molar-refractivity contribution is 14.1. The molecule has 148 valence electrons. The topological polar surface area (TPSA) is 66.5 Å². The van der Waals surface area contributed by atoms with E-state index in [4.69, 9.17) is 0 Å². The maximum atomic E-state index is 13.1. The predicted octanol–water partition coefficient (Wildman–Crippen LogP) is 3.65. The van der Waals surface area contributed by atoms with Gasteiger partial charge in [-0.2, -0.15) is 0 Å². The largest absolute Gasteiger partial charge is 0.325 e. The average Bonchev–Trinajstić information content (AvgIpc) is 3.38. The molecule has 3 aliphatic rings. The summed E-state index contributed by atoms with van der Waals surface area (Å²) in [6.07, 6.45) is 1.90. The number of nitrogens with zero attached hydrogens (tertiary/aromatic N) is 1. The number of halogens is 1. The summed E-state index contributed by atoms with van der Waals surface area (Å²) in [4.78, 5) is 39.8. The summed E-state index contributed by atoms with van der Waals surface area (Å²) >= 11 is 2.20. The number of hydrogen-bond acceptors (Lipinski definition) is 3. The van der Waals surface area contributed by atoms with Gasteiger partial charge in [0.05, 0.1) is 11.8 Å². The van der Waals surface area contributed by atoms with Crippen molar-refractivity contribution in [1.29, 1.82) is 0 Å². The Morgan fingerprint density at radius 2 is 1.66 bits per heavy atom. The lowest BCUT2D eigenvalue weighted by Crippen LogP contribution is -2.39. The third-order valence-electron chi connectivity index (χ3n) is 6.76. The number of benzene rings is 2. The summed E-state index contributed by atoms with van der Waals surface area (Å²) in [5.41, 5.74) is 1.92. The normalized spacial score (nSPS) is 30.0. The van der Waals surface area contributed by atoms with E-state index in [-0.39, 0.29) is 47.9 Å². The highest BCUT2D eigenvalue weighted by Crippen LogP contribution is 2.61. The first-order valence-corrected chi connectivity index (χ1v) is 11.1. The van der Waals surface area contributed by atoms with Crippen molar-refractivity contribution in [2.75, 3.05) is 11.9 Å². The van der Waals surface area contributed by atoms with Gasteiger partial charge in [-0.1, -0.05) is 30.3 Å². The third kappa shape index (κ3) is 3.17. The van der Waals surface area contributed by atoms with Crippen molar-refractivity contribution < 1.29 is 14.4 Å². The van der Waals surface area contributed by atoms with Crippen LogP contribution in [0.2, 0.25) is 0 Å². The lowest BCUT2D eigenvalue weighted by Gasteiger charge is -2.28. The molecular formula is C23H21IN2O3. The molecular weight excluding hydrogens is 479 g/mol. The van der Waals surface area contributed by atoms with Crippen molar-refractivity contribution in [3.05, 3.63) is 63.7 Å². The van der Waals surface area contributed by atoms with Gasteiger partial charge in [0.1, 0.15) is 6.54 Å². The number of imide groups is 1. The molecule has 1 heterocycles. The molecule has 0 spiro atoms. The highest BCUT2D eigenvalue weighted by Gasteiger charge is 2.63. The van der Waals surface area contributed by atoms with Gasteiger partial charge in [-0.05, 0) is 83.0 Å². The minimum atomic E-state index is -0.333. The molecule has 3 amide bonds. The predicted molar refractivity (Wildman–Crippen MR) is 117 cm³/mol. The van der Waals surface area contributed by atoms with Gasteiger partial charge in [0.15, 0.2) is 0 Å². The number of carbonyl (C=O) groups is 3. The van der Waals surface area contributed by atoms with Crippen LogP contribution in [-0.4, -0.2) is 29.2 Å². The van der Waals surface area contributed by atoms with Gasteiger partial charge in [0.2, 0.25) is 17.7 Å². The van der Waals surface area contributed by atoms with E-state index >= 15 is 0 Å². The molecule has 2 bridgehead atoms. The quantitative estimate of drug-likeness (QED) is 0.515. The van der Waals surface area contributed by atoms with Gasteiger partial charge in [0.25, 0.3) is 0 Å². The number of anilines is 1. The number of fused-ring (bicyclic) bond motifs is 5. The van der Waals surface area contributed by atoms with E-state index < -0.39 is 0 Å². The first-order chi connectivity index (χ1) is 14.0. The van der Waals surface area contributed by atoms with Gasteiger partial charge < -0.3 is 5.32 Å². The van der Waals surface area contributed by atoms with Crippen LogP contribution in [0.1, 0.15) is 24.3 Å². The molecule has 6 heteroatoms. The zero-order valence-electron chi connectivity index (χ0n) is 15.8. The van der Waals surface area contributed by atoms with Gasteiger partial charge in [-0.3, -0.25) is 19.3 Å². The van der Waals surface area contributed by atoms with E-state index in [1.165, 1.54) is 10.5 Å². The fourth-order valence-electron chi connectivity index (χ4n) is 5.64. The molecule has 2 aliphatic carbocycles. The molecule has 1 saturated heterocycles. The third-order valence-corrected chi connectivity index (χ3v) is 7.48. The van der Waals surface area contributed by atoms with E-state index in [1.54, 1.807) is 0 Å². The van der Waals surface area contributed by atoms with Crippen molar-refractivity contribution >= 4 is 46.0 Å². The number of rotatable bonds is 4. The Kier molecular flexibility index (Phi) is 4.69. The van der Waals surface area contributed by atoms with Gasteiger partial charge in [-0.15, -0.1) is 0 Å². The van der Waals surface area contributed by atoms with Crippen LogP contribution in [0.3, 0.4) is 0 Å².